The van der Waals surface area contributed by atoms with Crippen molar-refractivity contribution >= 4 is 36.2 Å². The van der Waals surface area contributed by atoms with Crippen LogP contribution in [0.5, 0.6) is 5.75 Å². The third-order valence-corrected chi connectivity index (χ3v) is 7.27. The average molecular weight is 493 g/mol. The quantitative estimate of drug-likeness (QED) is 0.559. The van der Waals surface area contributed by atoms with Gasteiger partial charge in [0.25, 0.3) is 5.91 Å². The van der Waals surface area contributed by atoms with Crippen LogP contribution in [0.4, 0.5) is 4.79 Å². The molecule has 34 heavy (non-hydrogen) atoms. The molecule has 10 heteroatoms. The highest BCUT2D eigenvalue weighted by Crippen LogP contribution is 2.38. The van der Waals surface area contributed by atoms with Gasteiger partial charge in [0.2, 0.25) is 0 Å². The monoisotopic (exact) mass is 492 g/mol. The molecule has 0 N–H and O–H groups in total. The number of hydrogen-bond donors (Lipinski definition) is 0. The molecule has 0 unspecified atom stereocenters. The molecule has 1 atom stereocenters. The minimum Gasteiger partial charge on any atom is -0.493 e. The van der Waals surface area contributed by atoms with E-state index in [1.807, 2.05) is 53.4 Å². The number of amides is 2. The normalized spacial score (nSPS) is 24.1. The maximum atomic E-state index is 13.5. The van der Waals surface area contributed by atoms with Crippen LogP contribution in [0.2, 0.25) is 5.02 Å². The fourth-order valence-corrected chi connectivity index (χ4v) is 4.58. The second-order valence-corrected chi connectivity index (χ2v) is 11.6. The highest BCUT2D eigenvalue weighted by Gasteiger charge is 2.52. The minimum absolute atomic E-state index is 0.161. The van der Waals surface area contributed by atoms with Gasteiger partial charge in [0.15, 0.2) is 0 Å². The van der Waals surface area contributed by atoms with Gasteiger partial charge in [-0.15, -0.1) is 0 Å². The van der Waals surface area contributed by atoms with Gasteiger partial charge < -0.3 is 28.6 Å². The molecule has 0 bridgehead atoms. The van der Waals surface area contributed by atoms with Crippen LogP contribution in [0.15, 0.2) is 12.1 Å². The Labute approximate surface area is 206 Å². The lowest BCUT2D eigenvalue weighted by molar-refractivity contribution is 0.00109. The maximum Gasteiger partial charge on any atom is 0.496 e. The summed E-state index contributed by atoms with van der Waals surface area (Å²) in [4.78, 5) is 29.5. The molecule has 0 radical (unpaired) electrons. The van der Waals surface area contributed by atoms with Gasteiger partial charge in [-0.25, -0.2) is 4.79 Å². The van der Waals surface area contributed by atoms with E-state index in [2.05, 4.69) is 0 Å². The van der Waals surface area contributed by atoms with E-state index in [1.165, 1.54) is 0 Å². The highest BCUT2D eigenvalue weighted by molar-refractivity contribution is 6.65. The van der Waals surface area contributed by atoms with Crippen LogP contribution in [0.1, 0.15) is 65.2 Å². The number of benzene rings is 1. The third kappa shape index (κ3) is 4.75. The van der Waals surface area contributed by atoms with Crippen molar-refractivity contribution in [2.24, 2.45) is 0 Å². The van der Waals surface area contributed by atoms with E-state index >= 15 is 0 Å². The molecule has 3 aliphatic rings. The number of fused-ring (bicyclic) bond motifs is 2. The molecule has 4 rings (SSSR count). The molecule has 1 aromatic carbocycles. The Morgan fingerprint density at radius 2 is 1.79 bits per heavy atom. The van der Waals surface area contributed by atoms with E-state index in [9.17, 15) is 9.59 Å². The lowest BCUT2D eigenvalue weighted by Gasteiger charge is -2.42. The smallest absolute Gasteiger partial charge is 0.493 e. The first-order chi connectivity index (χ1) is 15.7. The first kappa shape index (κ1) is 25.1. The van der Waals surface area contributed by atoms with Crippen molar-refractivity contribution < 1.29 is 28.4 Å². The largest absolute Gasteiger partial charge is 0.496 e. The topological polar surface area (TPSA) is 77.5 Å². The number of carbonyl (C=O) groups is 2. The van der Waals surface area contributed by atoms with Crippen molar-refractivity contribution in [3.05, 3.63) is 22.7 Å². The summed E-state index contributed by atoms with van der Waals surface area (Å²) in [5.41, 5.74) is -0.552. The van der Waals surface area contributed by atoms with E-state index in [0.717, 1.165) is 0 Å². The molecule has 2 fully saturated rings. The average Bonchev–Trinajstić information content (AvgIpc) is 2.92. The Bertz CT molecular complexity index is 976. The summed E-state index contributed by atoms with van der Waals surface area (Å²) in [5, 5.41) is 0.388. The fourth-order valence-electron chi connectivity index (χ4n) is 4.33. The molecular weight excluding hydrogens is 459 g/mol. The molecule has 0 spiro atoms. The Hall–Kier alpha value is -1.97. The summed E-state index contributed by atoms with van der Waals surface area (Å²) < 4.78 is 23.9. The van der Waals surface area contributed by atoms with Crippen molar-refractivity contribution in [1.82, 2.24) is 9.80 Å². The number of halogens is 1. The number of piperazine rings is 1. The molecule has 2 saturated heterocycles. The summed E-state index contributed by atoms with van der Waals surface area (Å²) in [5.74, 6) is 0.304. The second kappa shape index (κ2) is 8.61. The van der Waals surface area contributed by atoms with Gasteiger partial charge in [-0.3, -0.25) is 4.79 Å². The van der Waals surface area contributed by atoms with Crippen LogP contribution in [0, 0.1) is 0 Å². The lowest BCUT2D eigenvalue weighted by atomic mass is 9.78. The van der Waals surface area contributed by atoms with E-state index in [4.69, 9.17) is 30.4 Å². The Kier molecular flexibility index (Phi) is 6.36. The standard InChI is InChI=1S/C24H34BClN2O6/c1-22(2,3)32-21(30)27-9-10-28-15(14-27)8-11-31-19-13-17(18(26)12-16(19)20(28)29)25-33-23(4,5)24(6,7)34-25/h12-13,15H,8-11,14H2,1-7H3/t15-/m0/s1. The number of carbonyl (C=O) groups excluding carboxylic acids is 2. The van der Waals surface area contributed by atoms with Crippen LogP contribution in [0.25, 0.3) is 0 Å². The number of hydrogen-bond acceptors (Lipinski definition) is 6. The zero-order chi connectivity index (χ0) is 25.1. The van der Waals surface area contributed by atoms with Gasteiger partial charge in [-0.05, 0) is 60.6 Å². The van der Waals surface area contributed by atoms with Gasteiger partial charge in [-0.2, -0.15) is 0 Å². The Morgan fingerprint density at radius 3 is 2.41 bits per heavy atom. The SMILES string of the molecule is CC(C)(C)OC(=O)N1CCN2C(=O)c3cc(Cl)c(B4OC(C)(C)C(C)(C)O4)cc3OCC[C@H]2C1. The third-order valence-electron chi connectivity index (χ3n) is 6.94. The summed E-state index contributed by atoms with van der Waals surface area (Å²) in [6.07, 6.45) is 0.233. The maximum absolute atomic E-state index is 13.5. The van der Waals surface area contributed by atoms with Gasteiger partial charge >= 0.3 is 13.2 Å². The van der Waals surface area contributed by atoms with Gasteiger partial charge in [0.05, 0.1) is 29.4 Å². The highest BCUT2D eigenvalue weighted by atomic mass is 35.5. The van der Waals surface area contributed by atoms with Crippen molar-refractivity contribution in [3.63, 3.8) is 0 Å². The molecule has 0 aliphatic carbocycles. The Morgan fingerprint density at radius 1 is 1.15 bits per heavy atom. The molecular formula is C24H34BClN2O6. The Balaban J connectivity index is 1.55. The fraction of sp³-hybridized carbons (Fsp3) is 0.667. The van der Waals surface area contributed by atoms with Crippen LogP contribution >= 0.6 is 11.6 Å². The van der Waals surface area contributed by atoms with Gasteiger partial charge in [-0.1, -0.05) is 11.6 Å². The van der Waals surface area contributed by atoms with Crippen LogP contribution in [0.3, 0.4) is 0 Å². The molecule has 2 amide bonds. The zero-order valence-electron chi connectivity index (χ0n) is 21.1. The first-order valence-electron chi connectivity index (χ1n) is 11.8. The first-order valence-corrected chi connectivity index (χ1v) is 12.2. The lowest BCUT2D eigenvalue weighted by Crippen LogP contribution is -2.58. The van der Waals surface area contributed by atoms with Crippen LogP contribution < -0.4 is 10.2 Å². The summed E-state index contributed by atoms with van der Waals surface area (Å²) in [6, 6.07) is 3.24. The molecule has 0 aromatic heterocycles. The van der Waals surface area contributed by atoms with Gasteiger partial charge in [0.1, 0.15) is 11.4 Å². The summed E-state index contributed by atoms with van der Waals surface area (Å²) in [7, 11) is -0.655. The molecule has 8 nitrogen and oxygen atoms in total. The molecule has 186 valence electrons. The van der Waals surface area contributed by atoms with Crippen molar-refractivity contribution in [2.45, 2.75) is 77.7 Å². The summed E-state index contributed by atoms with van der Waals surface area (Å²) in [6.45, 7) is 15.1. The molecule has 0 saturated carbocycles. The summed E-state index contributed by atoms with van der Waals surface area (Å²) >= 11 is 6.63. The van der Waals surface area contributed by atoms with Crippen LogP contribution in [-0.2, 0) is 14.0 Å². The van der Waals surface area contributed by atoms with Crippen molar-refractivity contribution in [2.75, 3.05) is 26.2 Å². The number of ether oxygens (including phenoxy) is 2. The van der Waals surface area contributed by atoms with Crippen molar-refractivity contribution in [1.29, 1.82) is 0 Å². The second-order valence-electron chi connectivity index (χ2n) is 11.2. The predicted molar refractivity (Wildman–Crippen MR) is 130 cm³/mol. The number of rotatable bonds is 1. The molecule has 1 aromatic rings. The minimum atomic E-state index is -0.655. The van der Waals surface area contributed by atoms with E-state index in [-0.39, 0.29) is 18.0 Å². The molecule has 3 aliphatic heterocycles. The van der Waals surface area contributed by atoms with E-state index in [0.29, 0.717) is 54.5 Å². The van der Waals surface area contributed by atoms with Crippen molar-refractivity contribution in [3.8, 4) is 5.75 Å². The zero-order valence-corrected chi connectivity index (χ0v) is 21.8. The molecule has 3 heterocycles. The van der Waals surface area contributed by atoms with Gasteiger partial charge in [0, 0.05) is 36.5 Å². The van der Waals surface area contributed by atoms with E-state index < -0.39 is 23.9 Å². The predicted octanol–water partition coefficient (Wildman–Crippen LogP) is 3.48. The van der Waals surface area contributed by atoms with E-state index in [1.54, 1.807) is 17.0 Å². The number of nitrogens with zero attached hydrogens (tertiary/aromatic N) is 2. The van der Waals surface area contributed by atoms with Crippen LogP contribution in [-0.4, -0.2) is 78.0 Å².